The van der Waals surface area contributed by atoms with E-state index in [1.807, 2.05) is 63.3 Å². The highest BCUT2D eigenvalue weighted by molar-refractivity contribution is 6.32. The minimum absolute atomic E-state index is 0.0441. The zero-order valence-electron chi connectivity index (χ0n) is 35.2. The van der Waals surface area contributed by atoms with Crippen LogP contribution in [-0.4, -0.2) is 73.0 Å². The average Bonchev–Trinajstić information content (AvgIpc) is 3.10. The first-order valence-corrected chi connectivity index (χ1v) is 19.6. The normalized spacial score (nSPS) is 14.6. The molecule has 0 radical (unpaired) electrons. The first-order valence-electron chi connectivity index (χ1n) is 19.2. The largest absolute Gasteiger partial charge is 0.495 e. The van der Waals surface area contributed by atoms with Crippen LogP contribution in [0, 0.1) is 17.8 Å². The molecular formula is C44H61ClN2O10. The Labute approximate surface area is 343 Å². The fourth-order valence-electron chi connectivity index (χ4n) is 5.25. The third-order valence-electron chi connectivity index (χ3n) is 8.13. The number of halogens is 1. The lowest BCUT2D eigenvalue weighted by Gasteiger charge is -2.26. The second kappa shape index (κ2) is 22.8. The lowest BCUT2D eigenvalue weighted by molar-refractivity contribution is -0.175. The molecule has 0 aliphatic rings. The van der Waals surface area contributed by atoms with Crippen molar-refractivity contribution >= 4 is 47.6 Å². The van der Waals surface area contributed by atoms with Gasteiger partial charge in [-0.15, -0.1) is 0 Å². The summed E-state index contributed by atoms with van der Waals surface area (Å²) in [6.07, 6.45) is 4.43. The summed E-state index contributed by atoms with van der Waals surface area (Å²) in [6, 6.07) is 13.6. The van der Waals surface area contributed by atoms with Gasteiger partial charge in [0.25, 0.3) is 0 Å². The molecule has 5 atom stereocenters. The molecule has 2 aromatic carbocycles. The van der Waals surface area contributed by atoms with E-state index in [4.69, 9.17) is 35.3 Å². The van der Waals surface area contributed by atoms with Gasteiger partial charge in [0.05, 0.1) is 18.1 Å². The highest BCUT2D eigenvalue weighted by atomic mass is 35.5. The molecule has 13 heteroatoms. The molecule has 0 heterocycles. The topological polar surface area (TPSA) is 156 Å². The maximum absolute atomic E-state index is 13.7. The highest BCUT2D eigenvalue weighted by Gasteiger charge is 2.32. The van der Waals surface area contributed by atoms with Crippen molar-refractivity contribution in [3.8, 4) is 5.75 Å². The summed E-state index contributed by atoms with van der Waals surface area (Å²) in [5.74, 6) is -3.33. The summed E-state index contributed by atoms with van der Waals surface area (Å²) < 4.78 is 27.7. The van der Waals surface area contributed by atoms with Crippen molar-refractivity contribution in [2.75, 3.05) is 13.7 Å². The van der Waals surface area contributed by atoms with Gasteiger partial charge in [-0.2, -0.15) is 0 Å². The number of hydrogen-bond acceptors (Lipinski definition) is 10. The van der Waals surface area contributed by atoms with Crippen LogP contribution >= 0.6 is 11.6 Å². The second-order valence-corrected chi connectivity index (χ2v) is 16.8. The molecule has 0 aliphatic heterocycles. The Hall–Kier alpha value is -4.84. The molecular weight excluding hydrogens is 752 g/mol. The van der Waals surface area contributed by atoms with E-state index in [0.717, 1.165) is 5.56 Å². The van der Waals surface area contributed by atoms with Crippen LogP contribution in [0.5, 0.6) is 5.75 Å². The molecule has 0 aromatic heterocycles. The smallest absolute Gasteiger partial charge is 0.408 e. The Kier molecular flexibility index (Phi) is 19.3. The van der Waals surface area contributed by atoms with E-state index in [1.54, 1.807) is 72.7 Å². The predicted octanol–water partition coefficient (Wildman–Crippen LogP) is 8.04. The molecule has 0 spiro atoms. The number of benzene rings is 2. The number of alkyl carbamates (subject to hydrolysis) is 1. The summed E-state index contributed by atoms with van der Waals surface area (Å²) in [5.41, 5.74) is 0.123. The number of rotatable bonds is 19. The lowest BCUT2D eigenvalue weighted by Crippen LogP contribution is -2.50. The van der Waals surface area contributed by atoms with E-state index in [1.165, 1.54) is 13.2 Å². The summed E-state index contributed by atoms with van der Waals surface area (Å²) in [6.45, 7) is 17.5. The van der Waals surface area contributed by atoms with Gasteiger partial charge in [0.1, 0.15) is 29.1 Å². The Balaban J connectivity index is 2.20. The minimum Gasteiger partial charge on any atom is -0.495 e. The molecule has 0 aliphatic carbocycles. The van der Waals surface area contributed by atoms with Gasteiger partial charge < -0.3 is 34.3 Å². The van der Waals surface area contributed by atoms with Crippen molar-refractivity contribution < 1.29 is 47.7 Å². The summed E-state index contributed by atoms with van der Waals surface area (Å²) in [7, 11) is 1.49. The van der Waals surface area contributed by atoms with Gasteiger partial charge in [-0.3, -0.25) is 9.59 Å². The third kappa shape index (κ3) is 19.2. The highest BCUT2D eigenvalue weighted by Crippen LogP contribution is 2.26. The Bertz CT molecular complexity index is 1690. The maximum atomic E-state index is 13.7. The number of esters is 3. The summed E-state index contributed by atoms with van der Waals surface area (Å²) in [5, 5.41) is 5.66. The number of methoxy groups -OCH3 is 1. The summed E-state index contributed by atoms with van der Waals surface area (Å²) in [4.78, 5) is 65.7. The van der Waals surface area contributed by atoms with Crippen molar-refractivity contribution in [1.82, 2.24) is 10.6 Å². The zero-order valence-corrected chi connectivity index (χ0v) is 35.9. The molecule has 12 nitrogen and oxygen atoms in total. The van der Waals surface area contributed by atoms with Crippen LogP contribution < -0.4 is 15.4 Å². The quantitative estimate of drug-likeness (QED) is 0.0809. The molecule has 2 rings (SSSR count). The zero-order chi connectivity index (χ0) is 42.9. The van der Waals surface area contributed by atoms with Crippen molar-refractivity contribution in [2.45, 2.75) is 118 Å². The van der Waals surface area contributed by atoms with E-state index in [2.05, 4.69) is 10.6 Å². The van der Waals surface area contributed by atoms with Crippen LogP contribution in [0.1, 0.15) is 93.2 Å². The molecule has 314 valence electrons. The molecule has 0 bridgehead atoms. The van der Waals surface area contributed by atoms with Gasteiger partial charge in [0.15, 0.2) is 6.10 Å². The molecule has 57 heavy (non-hydrogen) atoms. The van der Waals surface area contributed by atoms with Gasteiger partial charge in [-0.1, -0.05) is 93.9 Å². The summed E-state index contributed by atoms with van der Waals surface area (Å²) >= 11 is 6.31. The van der Waals surface area contributed by atoms with Gasteiger partial charge in [0.2, 0.25) is 5.91 Å². The van der Waals surface area contributed by atoms with Crippen molar-refractivity contribution in [1.29, 1.82) is 0 Å². The van der Waals surface area contributed by atoms with Crippen LogP contribution in [0.25, 0.3) is 6.08 Å². The molecule has 0 unspecified atom stereocenters. The standard InChI is InChI=1S/C44H61ClN2O10/c1-28(2)24-37(41(51)54-35(18-15-19-38(48)56-43(5,6)7)29(3)20-21-31-16-13-12-14-17-31)55-40(50)30(4)27-46-39(49)34(47-42(52)57-44(8,9)10)26-32-22-23-36(53-11)33(45)25-32/h12-17,19-23,25,28-30,34-35,37H,18,24,26-27H2,1-11H3,(H,46,49)(H,47,52)/b19-15+,21-20+/t29-,30-,34-,35-,37+/m1/s1. The van der Waals surface area contributed by atoms with E-state index < -0.39 is 65.3 Å². The van der Waals surface area contributed by atoms with E-state index in [0.29, 0.717) is 16.3 Å². The molecule has 0 saturated heterocycles. The van der Waals surface area contributed by atoms with Crippen LogP contribution in [0.2, 0.25) is 5.02 Å². The molecule has 0 saturated carbocycles. The Morgan fingerprint density at radius 3 is 2.07 bits per heavy atom. The van der Waals surface area contributed by atoms with E-state index >= 15 is 0 Å². The lowest BCUT2D eigenvalue weighted by atomic mass is 9.99. The first-order chi connectivity index (χ1) is 26.6. The first kappa shape index (κ1) is 48.3. The molecule has 0 fully saturated rings. The van der Waals surface area contributed by atoms with E-state index in [-0.39, 0.29) is 37.6 Å². The monoisotopic (exact) mass is 812 g/mol. The number of carbonyl (C=O) groups is 5. The SMILES string of the molecule is COc1ccc(C[C@@H](NC(=O)OC(C)(C)C)C(=O)NC[C@@H](C)C(=O)O[C@@H](CC(C)C)C(=O)O[C@H](C/C=C/C(=O)OC(C)(C)C)[C@H](C)/C=C/c2ccccc2)cc1Cl. The number of amides is 2. The Morgan fingerprint density at radius 2 is 1.49 bits per heavy atom. The molecule has 2 N–H and O–H groups in total. The van der Waals surface area contributed by atoms with Gasteiger partial charge >= 0.3 is 24.0 Å². The van der Waals surface area contributed by atoms with Crippen LogP contribution in [0.3, 0.4) is 0 Å². The van der Waals surface area contributed by atoms with Crippen LogP contribution in [0.15, 0.2) is 66.8 Å². The minimum atomic E-state index is -1.24. The fraction of sp³-hybridized carbons (Fsp3) is 0.523. The molecule has 2 aromatic rings. The maximum Gasteiger partial charge on any atom is 0.408 e. The second-order valence-electron chi connectivity index (χ2n) is 16.3. The van der Waals surface area contributed by atoms with E-state index in [9.17, 15) is 24.0 Å². The van der Waals surface area contributed by atoms with Gasteiger partial charge in [0, 0.05) is 31.4 Å². The van der Waals surface area contributed by atoms with Gasteiger partial charge in [-0.05, 0) is 77.1 Å². The average molecular weight is 813 g/mol. The molecule has 2 amide bonds. The number of hydrogen-bond donors (Lipinski definition) is 2. The third-order valence-corrected chi connectivity index (χ3v) is 8.43. The van der Waals surface area contributed by atoms with Crippen LogP contribution in [0.4, 0.5) is 4.79 Å². The number of ether oxygens (including phenoxy) is 5. The fourth-order valence-corrected chi connectivity index (χ4v) is 5.53. The van der Waals surface area contributed by atoms with Crippen molar-refractivity contribution in [3.05, 3.63) is 82.9 Å². The van der Waals surface area contributed by atoms with Crippen molar-refractivity contribution in [3.63, 3.8) is 0 Å². The predicted molar refractivity (Wildman–Crippen MR) is 220 cm³/mol. The number of carbonyl (C=O) groups excluding carboxylic acids is 5. The Morgan fingerprint density at radius 1 is 0.842 bits per heavy atom. The van der Waals surface area contributed by atoms with Gasteiger partial charge in [-0.25, -0.2) is 14.4 Å². The van der Waals surface area contributed by atoms with Crippen molar-refractivity contribution in [2.24, 2.45) is 17.8 Å². The number of nitrogens with one attached hydrogen (secondary N) is 2. The van der Waals surface area contributed by atoms with Crippen LogP contribution in [-0.2, 0) is 44.5 Å².